The summed E-state index contributed by atoms with van der Waals surface area (Å²) in [6, 6.07) is 0. The van der Waals surface area contributed by atoms with Gasteiger partial charge in [-0.3, -0.25) is 18.6 Å². The van der Waals surface area contributed by atoms with E-state index in [2.05, 4.69) is 38.2 Å². The fraction of sp³-hybridized carbons (Fsp3) is 0.864. The average Bonchev–Trinajstić information content (AvgIpc) is 3.12. The van der Waals surface area contributed by atoms with E-state index in [0.717, 1.165) is 51.4 Å². The van der Waals surface area contributed by atoms with Crippen LogP contribution in [0.4, 0.5) is 0 Å². The molecule has 0 fully saturated rings. The van der Waals surface area contributed by atoms with Crippen LogP contribution in [0.5, 0.6) is 0 Å². The Morgan fingerprint density at radius 2 is 0.944 bits per heavy atom. The predicted octanol–water partition coefficient (Wildman–Crippen LogP) is 12.4. The lowest BCUT2D eigenvalue weighted by molar-refractivity contribution is -0.870. The zero-order valence-electron chi connectivity index (χ0n) is 35.7. The maximum Gasteiger partial charge on any atom is 0.472 e. The number of carbonyl (C=O) groups excluding carboxylic acids is 2. The number of unbranched alkanes of at least 4 members (excludes halogenated alkanes) is 22. The minimum atomic E-state index is -4.37. The molecule has 0 aromatic carbocycles. The van der Waals surface area contributed by atoms with E-state index in [0.29, 0.717) is 17.4 Å². The number of hydrogen-bond donors (Lipinski definition) is 1. The fourth-order valence-electron chi connectivity index (χ4n) is 5.94. The number of allylic oxidation sites excluding steroid dienone is 4. The van der Waals surface area contributed by atoms with Crippen LogP contribution in [-0.2, 0) is 32.7 Å². The van der Waals surface area contributed by atoms with Crippen molar-refractivity contribution in [3.63, 3.8) is 0 Å². The first kappa shape index (κ1) is 52.5. The van der Waals surface area contributed by atoms with Crippen LogP contribution in [0.3, 0.4) is 0 Å². The molecule has 0 aromatic heterocycles. The van der Waals surface area contributed by atoms with Crippen LogP contribution in [0.2, 0.25) is 0 Å². The van der Waals surface area contributed by atoms with Crippen LogP contribution in [0, 0.1) is 0 Å². The fourth-order valence-corrected chi connectivity index (χ4v) is 6.69. The van der Waals surface area contributed by atoms with Gasteiger partial charge in [-0.25, -0.2) is 4.57 Å². The second kappa shape index (κ2) is 37.1. The Morgan fingerprint density at radius 1 is 0.556 bits per heavy atom. The molecular formula is C44H85NO8P+. The third-order valence-corrected chi connectivity index (χ3v) is 10.4. The van der Waals surface area contributed by atoms with Gasteiger partial charge < -0.3 is 18.9 Å². The van der Waals surface area contributed by atoms with E-state index < -0.39 is 26.5 Å². The summed E-state index contributed by atoms with van der Waals surface area (Å²) in [5.41, 5.74) is 0. The largest absolute Gasteiger partial charge is 0.472 e. The number of hydrogen-bond acceptors (Lipinski definition) is 7. The van der Waals surface area contributed by atoms with Crippen molar-refractivity contribution < 1.29 is 42.1 Å². The highest BCUT2D eigenvalue weighted by molar-refractivity contribution is 7.47. The Bertz CT molecular complexity index is 980. The number of quaternary nitrogens is 1. The molecule has 0 saturated carbocycles. The van der Waals surface area contributed by atoms with Gasteiger partial charge in [-0.05, 0) is 64.2 Å². The quantitative estimate of drug-likeness (QED) is 0.0215. The van der Waals surface area contributed by atoms with E-state index >= 15 is 0 Å². The number of nitrogens with zero attached hydrogens (tertiary/aromatic N) is 1. The minimum absolute atomic E-state index is 0.0310. The number of phosphoric acid groups is 1. The third-order valence-electron chi connectivity index (χ3n) is 9.45. The van der Waals surface area contributed by atoms with Gasteiger partial charge in [-0.1, -0.05) is 141 Å². The number of likely N-dealkylation sites (N-methyl/N-ethyl adjacent to an activating group) is 1. The molecule has 10 heteroatoms. The first-order valence-corrected chi connectivity index (χ1v) is 23.6. The van der Waals surface area contributed by atoms with Gasteiger partial charge in [-0.2, -0.15) is 0 Å². The van der Waals surface area contributed by atoms with Crippen molar-refractivity contribution in [3.8, 4) is 0 Å². The summed E-state index contributed by atoms with van der Waals surface area (Å²) in [6.45, 7) is 4.39. The number of esters is 2. The summed E-state index contributed by atoms with van der Waals surface area (Å²) in [5.74, 6) is -0.807. The van der Waals surface area contributed by atoms with Gasteiger partial charge in [0.1, 0.15) is 19.8 Å². The van der Waals surface area contributed by atoms with Crippen LogP contribution in [0.25, 0.3) is 0 Å². The van der Waals surface area contributed by atoms with E-state index in [1.165, 1.54) is 109 Å². The summed E-state index contributed by atoms with van der Waals surface area (Å²) >= 11 is 0. The maximum absolute atomic E-state index is 12.7. The van der Waals surface area contributed by atoms with Crippen molar-refractivity contribution in [2.45, 2.75) is 200 Å². The summed E-state index contributed by atoms with van der Waals surface area (Å²) < 4.78 is 34.3. The molecule has 1 unspecified atom stereocenters. The van der Waals surface area contributed by atoms with Crippen LogP contribution in [0.15, 0.2) is 24.3 Å². The number of rotatable bonds is 40. The summed E-state index contributed by atoms with van der Waals surface area (Å²) in [4.78, 5) is 35.3. The Morgan fingerprint density at radius 3 is 1.37 bits per heavy atom. The summed E-state index contributed by atoms with van der Waals surface area (Å²) in [7, 11) is 1.47. The Kier molecular flexibility index (Phi) is 36.1. The van der Waals surface area contributed by atoms with E-state index in [9.17, 15) is 19.0 Å². The standard InChI is InChI=1S/C44H84NO8P/c1-6-8-10-12-14-16-18-20-21-22-23-25-26-28-30-32-34-36-43(46)50-40-42(41-52-54(48,49)51-39-38-45(3,4)5)53-44(47)37-35-33-31-29-27-24-19-17-15-13-11-9-7-2/h16-19,42H,6-15,20-41H2,1-5H3/p+1/b18-16+,19-17+/t42-/m1/s1. The lowest BCUT2D eigenvalue weighted by Gasteiger charge is -2.24. The van der Waals surface area contributed by atoms with Crippen LogP contribution < -0.4 is 0 Å². The van der Waals surface area contributed by atoms with Gasteiger partial charge in [0.25, 0.3) is 0 Å². The van der Waals surface area contributed by atoms with E-state index in [-0.39, 0.29) is 32.0 Å². The maximum atomic E-state index is 12.7. The molecule has 0 amide bonds. The van der Waals surface area contributed by atoms with Gasteiger partial charge in [-0.15, -0.1) is 0 Å². The second-order valence-corrected chi connectivity index (χ2v) is 17.5. The van der Waals surface area contributed by atoms with Crippen molar-refractivity contribution in [1.82, 2.24) is 0 Å². The molecule has 0 saturated heterocycles. The highest BCUT2D eigenvalue weighted by Gasteiger charge is 2.27. The Balaban J connectivity index is 4.34. The average molecular weight is 787 g/mol. The predicted molar refractivity (Wildman–Crippen MR) is 224 cm³/mol. The van der Waals surface area contributed by atoms with Crippen LogP contribution in [-0.4, -0.2) is 74.9 Å². The topological polar surface area (TPSA) is 108 Å². The van der Waals surface area contributed by atoms with Gasteiger partial charge in [0.15, 0.2) is 6.10 Å². The zero-order chi connectivity index (χ0) is 40.0. The first-order chi connectivity index (χ1) is 26.0. The summed E-state index contributed by atoms with van der Waals surface area (Å²) in [5, 5.41) is 0. The molecule has 0 aliphatic carbocycles. The molecule has 0 radical (unpaired) electrons. The SMILES string of the molecule is CCCCCC/C=C/CCCCCCCCCCCC(=O)OC[C@H](COP(=O)(O)OCC[N+](C)(C)C)OC(=O)CCCCCCC/C=C/CCCCCC. The van der Waals surface area contributed by atoms with Gasteiger partial charge in [0, 0.05) is 12.8 Å². The highest BCUT2D eigenvalue weighted by atomic mass is 31.2. The molecule has 318 valence electrons. The monoisotopic (exact) mass is 787 g/mol. The smallest absolute Gasteiger partial charge is 0.462 e. The number of carbonyl (C=O) groups is 2. The normalized spacial score (nSPS) is 13.8. The second-order valence-electron chi connectivity index (χ2n) is 16.1. The molecule has 0 rings (SSSR count). The molecule has 0 aromatic rings. The van der Waals surface area contributed by atoms with Crippen LogP contribution >= 0.6 is 7.82 Å². The molecular weight excluding hydrogens is 701 g/mol. The van der Waals surface area contributed by atoms with Gasteiger partial charge in [0.2, 0.25) is 0 Å². The molecule has 0 spiro atoms. The van der Waals surface area contributed by atoms with Crippen LogP contribution in [0.1, 0.15) is 194 Å². The third kappa shape index (κ3) is 40.2. The highest BCUT2D eigenvalue weighted by Crippen LogP contribution is 2.43. The molecule has 9 nitrogen and oxygen atoms in total. The Labute approximate surface area is 332 Å². The van der Waals surface area contributed by atoms with Crippen molar-refractivity contribution in [1.29, 1.82) is 0 Å². The van der Waals surface area contributed by atoms with Crippen molar-refractivity contribution in [2.24, 2.45) is 0 Å². The van der Waals surface area contributed by atoms with Crippen molar-refractivity contribution in [2.75, 3.05) is 47.5 Å². The molecule has 2 atom stereocenters. The van der Waals surface area contributed by atoms with Gasteiger partial charge in [0.05, 0.1) is 27.7 Å². The van der Waals surface area contributed by atoms with E-state index in [1.54, 1.807) is 0 Å². The zero-order valence-corrected chi connectivity index (χ0v) is 36.6. The lowest BCUT2D eigenvalue weighted by atomic mass is 10.1. The molecule has 0 aliphatic heterocycles. The van der Waals surface area contributed by atoms with E-state index in [4.69, 9.17) is 18.5 Å². The summed E-state index contributed by atoms with van der Waals surface area (Å²) in [6.07, 6.45) is 39.3. The van der Waals surface area contributed by atoms with Gasteiger partial charge >= 0.3 is 19.8 Å². The van der Waals surface area contributed by atoms with Crippen molar-refractivity contribution >= 4 is 19.8 Å². The van der Waals surface area contributed by atoms with E-state index in [1.807, 2.05) is 21.1 Å². The number of ether oxygens (including phenoxy) is 2. The molecule has 0 aliphatic rings. The molecule has 54 heavy (non-hydrogen) atoms. The molecule has 0 heterocycles. The van der Waals surface area contributed by atoms with Crippen molar-refractivity contribution in [3.05, 3.63) is 24.3 Å². The molecule has 0 bridgehead atoms. The Hall–Kier alpha value is -1.51. The first-order valence-electron chi connectivity index (χ1n) is 22.1. The number of phosphoric ester groups is 1. The lowest BCUT2D eigenvalue weighted by Crippen LogP contribution is -2.37. The molecule has 1 N–H and O–H groups in total. The minimum Gasteiger partial charge on any atom is -0.462 e.